The average molecular weight is 308 g/mol. The number of hydrogen-bond donors (Lipinski definition) is 0. The SMILES string of the molecule is COc1ncnc2c1nc(CCl)n2Cc1nc(C)c(C)o1. The lowest BCUT2D eigenvalue weighted by molar-refractivity contribution is 0.401. The molecule has 8 heteroatoms. The summed E-state index contributed by atoms with van der Waals surface area (Å²) in [5, 5.41) is 0. The second-order valence-electron chi connectivity index (χ2n) is 4.55. The van der Waals surface area contributed by atoms with Gasteiger partial charge in [0.15, 0.2) is 11.2 Å². The highest BCUT2D eigenvalue weighted by atomic mass is 35.5. The van der Waals surface area contributed by atoms with Crippen LogP contribution in [0.4, 0.5) is 0 Å². The van der Waals surface area contributed by atoms with E-state index in [0.29, 0.717) is 35.3 Å². The summed E-state index contributed by atoms with van der Waals surface area (Å²) in [5.74, 6) is 2.73. The van der Waals surface area contributed by atoms with Crippen molar-refractivity contribution in [3.05, 3.63) is 29.5 Å². The summed E-state index contributed by atoms with van der Waals surface area (Å²) in [6.45, 7) is 4.20. The number of nitrogens with zero attached hydrogens (tertiary/aromatic N) is 5. The molecule has 3 rings (SSSR count). The van der Waals surface area contributed by atoms with E-state index in [0.717, 1.165) is 11.5 Å². The van der Waals surface area contributed by atoms with E-state index in [9.17, 15) is 0 Å². The van der Waals surface area contributed by atoms with Crippen molar-refractivity contribution >= 4 is 22.8 Å². The second kappa shape index (κ2) is 5.33. The molecule has 3 aromatic rings. The number of alkyl halides is 1. The molecule has 0 amide bonds. The van der Waals surface area contributed by atoms with E-state index in [2.05, 4.69) is 19.9 Å². The van der Waals surface area contributed by atoms with Gasteiger partial charge in [-0.05, 0) is 13.8 Å². The number of ether oxygens (including phenoxy) is 1. The fourth-order valence-corrected chi connectivity index (χ4v) is 2.32. The Morgan fingerprint density at radius 1 is 1.29 bits per heavy atom. The van der Waals surface area contributed by atoms with E-state index in [1.54, 1.807) is 7.11 Å². The number of imidazole rings is 1. The van der Waals surface area contributed by atoms with E-state index in [4.69, 9.17) is 20.8 Å². The third-order valence-corrected chi connectivity index (χ3v) is 3.50. The van der Waals surface area contributed by atoms with Gasteiger partial charge in [-0.2, -0.15) is 4.98 Å². The Labute approximate surface area is 126 Å². The van der Waals surface area contributed by atoms with E-state index >= 15 is 0 Å². The normalized spacial score (nSPS) is 11.2. The molecule has 0 aliphatic carbocycles. The molecule has 0 bridgehead atoms. The molecule has 0 atom stereocenters. The number of rotatable bonds is 4. The zero-order valence-corrected chi connectivity index (χ0v) is 12.7. The Hall–Kier alpha value is -2.15. The molecule has 0 aliphatic rings. The molecule has 0 aromatic carbocycles. The first-order chi connectivity index (χ1) is 10.1. The van der Waals surface area contributed by atoms with Gasteiger partial charge in [-0.15, -0.1) is 11.6 Å². The monoisotopic (exact) mass is 307 g/mol. The van der Waals surface area contributed by atoms with Crippen LogP contribution in [0.15, 0.2) is 10.7 Å². The largest absolute Gasteiger partial charge is 0.479 e. The summed E-state index contributed by atoms with van der Waals surface area (Å²) in [6.07, 6.45) is 1.43. The van der Waals surface area contributed by atoms with Gasteiger partial charge >= 0.3 is 0 Å². The van der Waals surface area contributed by atoms with Gasteiger partial charge in [0.2, 0.25) is 11.8 Å². The highest BCUT2D eigenvalue weighted by Gasteiger charge is 2.18. The van der Waals surface area contributed by atoms with Gasteiger partial charge in [0, 0.05) is 0 Å². The topological polar surface area (TPSA) is 78.9 Å². The summed E-state index contributed by atoms with van der Waals surface area (Å²) in [6, 6.07) is 0. The van der Waals surface area contributed by atoms with Crippen LogP contribution in [0.1, 0.15) is 23.2 Å². The van der Waals surface area contributed by atoms with Gasteiger partial charge in [0.1, 0.15) is 24.5 Å². The maximum atomic E-state index is 5.98. The summed E-state index contributed by atoms with van der Waals surface area (Å²) >= 11 is 5.98. The van der Waals surface area contributed by atoms with Crippen molar-refractivity contribution in [1.82, 2.24) is 24.5 Å². The third kappa shape index (κ3) is 2.33. The molecule has 0 aliphatic heterocycles. The van der Waals surface area contributed by atoms with E-state index in [1.807, 2.05) is 18.4 Å². The third-order valence-electron chi connectivity index (χ3n) is 3.26. The van der Waals surface area contributed by atoms with E-state index in [1.165, 1.54) is 6.33 Å². The van der Waals surface area contributed by atoms with Gasteiger partial charge in [-0.1, -0.05) is 0 Å². The van der Waals surface area contributed by atoms with Crippen LogP contribution in [0, 0.1) is 13.8 Å². The Morgan fingerprint density at radius 3 is 2.71 bits per heavy atom. The molecule has 3 aromatic heterocycles. The molecule has 0 N–H and O–H groups in total. The Morgan fingerprint density at radius 2 is 2.10 bits per heavy atom. The number of aryl methyl sites for hydroxylation is 2. The van der Waals surface area contributed by atoms with Crippen LogP contribution in [0.3, 0.4) is 0 Å². The summed E-state index contributed by atoms with van der Waals surface area (Å²) in [5.41, 5.74) is 2.09. The predicted molar refractivity (Wildman–Crippen MR) is 76.5 cm³/mol. The van der Waals surface area contributed by atoms with E-state index in [-0.39, 0.29) is 5.88 Å². The number of methoxy groups -OCH3 is 1. The number of aromatic nitrogens is 5. The lowest BCUT2D eigenvalue weighted by atomic mass is 10.4. The quantitative estimate of drug-likeness (QED) is 0.688. The molecular formula is C13H14ClN5O2. The molecule has 0 saturated heterocycles. The highest BCUT2D eigenvalue weighted by Crippen LogP contribution is 2.23. The first-order valence-electron chi connectivity index (χ1n) is 6.37. The molecule has 110 valence electrons. The van der Waals surface area contributed by atoms with Crippen molar-refractivity contribution in [3.8, 4) is 5.88 Å². The van der Waals surface area contributed by atoms with E-state index < -0.39 is 0 Å². The molecule has 0 fully saturated rings. The lowest BCUT2D eigenvalue weighted by Crippen LogP contribution is -2.05. The Kier molecular flexibility index (Phi) is 3.50. The molecule has 21 heavy (non-hydrogen) atoms. The number of oxazole rings is 1. The van der Waals surface area contributed by atoms with Crippen LogP contribution < -0.4 is 4.74 Å². The van der Waals surface area contributed by atoms with Crippen molar-refractivity contribution in [3.63, 3.8) is 0 Å². The molecule has 0 saturated carbocycles. The molecular weight excluding hydrogens is 294 g/mol. The number of fused-ring (bicyclic) bond motifs is 1. The van der Waals surface area contributed by atoms with Gasteiger partial charge in [0.25, 0.3) is 0 Å². The van der Waals surface area contributed by atoms with Crippen LogP contribution in [0.5, 0.6) is 5.88 Å². The minimum Gasteiger partial charge on any atom is -0.479 e. The van der Waals surface area contributed by atoms with Crippen molar-refractivity contribution in [1.29, 1.82) is 0 Å². The second-order valence-corrected chi connectivity index (χ2v) is 4.82. The van der Waals surface area contributed by atoms with Crippen LogP contribution in [0.2, 0.25) is 0 Å². The van der Waals surface area contributed by atoms with Crippen molar-refractivity contribution < 1.29 is 9.15 Å². The van der Waals surface area contributed by atoms with Crippen LogP contribution in [0.25, 0.3) is 11.2 Å². The first-order valence-corrected chi connectivity index (χ1v) is 6.90. The van der Waals surface area contributed by atoms with Crippen LogP contribution in [-0.4, -0.2) is 31.6 Å². The van der Waals surface area contributed by atoms with Gasteiger partial charge in [-0.25, -0.2) is 15.0 Å². The smallest absolute Gasteiger partial charge is 0.245 e. The zero-order valence-electron chi connectivity index (χ0n) is 11.9. The molecule has 7 nitrogen and oxygen atoms in total. The predicted octanol–water partition coefficient (Wildman–Crippen LogP) is 2.23. The Bertz CT molecular complexity index is 776. The molecule has 3 heterocycles. The first kappa shape index (κ1) is 13.8. The number of hydrogen-bond acceptors (Lipinski definition) is 6. The summed E-state index contributed by atoms with van der Waals surface area (Å²) in [4.78, 5) is 17.1. The fourth-order valence-electron chi connectivity index (χ4n) is 2.12. The van der Waals surface area contributed by atoms with Crippen LogP contribution >= 0.6 is 11.6 Å². The molecule has 0 spiro atoms. The summed E-state index contributed by atoms with van der Waals surface area (Å²) in [7, 11) is 1.54. The fraction of sp³-hybridized carbons (Fsp3) is 0.385. The molecule has 0 radical (unpaired) electrons. The van der Waals surface area contributed by atoms with Crippen molar-refractivity contribution in [2.75, 3.05) is 7.11 Å². The van der Waals surface area contributed by atoms with Gasteiger partial charge in [0.05, 0.1) is 18.7 Å². The maximum absolute atomic E-state index is 5.98. The highest BCUT2D eigenvalue weighted by molar-refractivity contribution is 6.16. The summed E-state index contributed by atoms with van der Waals surface area (Å²) < 4.78 is 12.7. The van der Waals surface area contributed by atoms with Gasteiger partial charge in [-0.3, -0.25) is 0 Å². The van der Waals surface area contributed by atoms with Gasteiger partial charge < -0.3 is 13.7 Å². The molecule has 0 unspecified atom stereocenters. The Balaban J connectivity index is 2.12. The maximum Gasteiger partial charge on any atom is 0.245 e. The van der Waals surface area contributed by atoms with Crippen molar-refractivity contribution in [2.45, 2.75) is 26.3 Å². The standard InChI is InChI=1S/C13H14ClN5O2/c1-7-8(2)21-10(17-7)5-19-9(4-14)18-11-12(19)15-6-16-13(11)20-3/h6H,4-5H2,1-3H3. The lowest BCUT2D eigenvalue weighted by Gasteiger charge is -2.04. The average Bonchev–Trinajstić information content (AvgIpc) is 3.00. The number of halogens is 1. The minimum absolute atomic E-state index is 0.248. The zero-order chi connectivity index (χ0) is 15.0. The minimum atomic E-state index is 0.248. The van der Waals surface area contributed by atoms with Crippen molar-refractivity contribution in [2.24, 2.45) is 0 Å². The van der Waals surface area contributed by atoms with Crippen LogP contribution in [-0.2, 0) is 12.4 Å².